The Bertz CT molecular complexity index is 558. The summed E-state index contributed by atoms with van der Waals surface area (Å²) in [6.45, 7) is 6.23. The maximum absolute atomic E-state index is 6.08. The molecule has 2 rings (SSSR count). The van der Waals surface area contributed by atoms with Gasteiger partial charge in [-0.3, -0.25) is 0 Å². The molecule has 2 nitrogen and oxygen atoms in total. The van der Waals surface area contributed by atoms with Crippen LogP contribution in [0.1, 0.15) is 32.7 Å². The van der Waals surface area contributed by atoms with Gasteiger partial charge in [0, 0.05) is 22.4 Å². The molecule has 4 heteroatoms. The van der Waals surface area contributed by atoms with Crippen LogP contribution in [-0.4, -0.2) is 12.0 Å². The van der Waals surface area contributed by atoms with E-state index < -0.39 is 0 Å². The smallest absolute Gasteiger partial charge is 0.0949 e. The van der Waals surface area contributed by atoms with Crippen LogP contribution < -0.4 is 5.32 Å². The van der Waals surface area contributed by atoms with E-state index in [9.17, 15) is 0 Å². The molecule has 0 aliphatic rings. The normalized spacial score (nSPS) is 12.7. The minimum atomic E-state index is 0.279. The van der Waals surface area contributed by atoms with Gasteiger partial charge in [0.05, 0.1) is 10.7 Å². The van der Waals surface area contributed by atoms with Gasteiger partial charge in [-0.1, -0.05) is 23.7 Å². The van der Waals surface area contributed by atoms with Crippen LogP contribution in [0.3, 0.4) is 0 Å². The highest BCUT2D eigenvalue weighted by atomic mass is 35.5. The van der Waals surface area contributed by atoms with Gasteiger partial charge in [0.1, 0.15) is 0 Å². The van der Waals surface area contributed by atoms with E-state index in [-0.39, 0.29) is 6.04 Å². The lowest BCUT2D eigenvalue weighted by atomic mass is 10.0. The number of rotatable bonds is 4. The lowest BCUT2D eigenvalue weighted by Crippen LogP contribution is -2.18. The number of hydrogen-bond donors (Lipinski definition) is 1. The highest BCUT2D eigenvalue weighted by Gasteiger charge is 2.14. The fourth-order valence-corrected chi connectivity index (χ4v) is 3.17. The third-order valence-corrected chi connectivity index (χ3v) is 4.90. The molecule has 1 N–H and O–H groups in total. The number of aromatic nitrogens is 1. The van der Waals surface area contributed by atoms with Crippen molar-refractivity contribution in [3.63, 3.8) is 0 Å². The van der Waals surface area contributed by atoms with Crippen LogP contribution >= 0.6 is 22.9 Å². The van der Waals surface area contributed by atoms with Crippen LogP contribution in [0.4, 0.5) is 0 Å². The summed E-state index contributed by atoms with van der Waals surface area (Å²) in [5, 5.41) is 5.37. The lowest BCUT2D eigenvalue weighted by Gasteiger charge is -2.16. The molecule has 0 saturated heterocycles. The molecular weight excluding hydrogens is 276 g/mol. The van der Waals surface area contributed by atoms with Gasteiger partial charge < -0.3 is 5.32 Å². The van der Waals surface area contributed by atoms with Crippen molar-refractivity contribution in [2.24, 2.45) is 0 Å². The molecule has 19 heavy (non-hydrogen) atoms. The van der Waals surface area contributed by atoms with E-state index in [0.717, 1.165) is 22.7 Å². The van der Waals surface area contributed by atoms with E-state index in [1.807, 2.05) is 20.0 Å². The van der Waals surface area contributed by atoms with Gasteiger partial charge >= 0.3 is 0 Å². The number of thiazole rings is 1. The van der Waals surface area contributed by atoms with Gasteiger partial charge in [-0.2, -0.15) is 0 Å². The topological polar surface area (TPSA) is 24.9 Å². The number of benzene rings is 1. The number of nitrogens with zero attached hydrogens (tertiary/aromatic N) is 1. The first kappa shape index (κ1) is 14.5. The van der Waals surface area contributed by atoms with Crippen molar-refractivity contribution >= 4 is 22.9 Å². The molecule has 0 saturated carbocycles. The number of likely N-dealkylation sites (N-methyl/N-ethyl adjacent to an activating group) is 1. The summed E-state index contributed by atoms with van der Waals surface area (Å²) in [6, 6.07) is 6.48. The van der Waals surface area contributed by atoms with Crippen molar-refractivity contribution < 1.29 is 0 Å². The summed E-state index contributed by atoms with van der Waals surface area (Å²) in [5.41, 5.74) is 3.52. The molecule has 1 atom stereocenters. The fourth-order valence-electron chi connectivity index (χ4n) is 2.07. The second-order valence-corrected chi connectivity index (χ2v) is 6.50. The van der Waals surface area contributed by atoms with Crippen molar-refractivity contribution in [1.29, 1.82) is 0 Å². The van der Waals surface area contributed by atoms with E-state index in [1.54, 1.807) is 11.3 Å². The predicted octanol–water partition coefficient (Wildman–Crippen LogP) is 4.22. The maximum Gasteiger partial charge on any atom is 0.0949 e. The quantitative estimate of drug-likeness (QED) is 0.913. The molecule has 1 unspecified atom stereocenters. The summed E-state index contributed by atoms with van der Waals surface area (Å²) in [6.07, 6.45) is 0.914. The Kier molecular flexibility index (Phi) is 4.61. The fraction of sp³-hybridized carbons (Fsp3) is 0.400. The first-order valence-electron chi connectivity index (χ1n) is 6.37. The SMILES string of the molecule is CNC(Cc1nc(C)c(C)s1)c1ccc(Cl)c(C)c1. The van der Waals surface area contributed by atoms with E-state index in [4.69, 9.17) is 11.6 Å². The number of halogens is 1. The van der Waals surface area contributed by atoms with E-state index >= 15 is 0 Å². The highest BCUT2D eigenvalue weighted by molar-refractivity contribution is 7.11. The highest BCUT2D eigenvalue weighted by Crippen LogP contribution is 2.25. The second kappa shape index (κ2) is 6.04. The molecule has 0 bridgehead atoms. The first-order chi connectivity index (χ1) is 9.01. The minimum Gasteiger partial charge on any atom is -0.313 e. The zero-order valence-corrected chi connectivity index (χ0v) is 13.3. The minimum absolute atomic E-state index is 0.279. The van der Waals surface area contributed by atoms with Crippen LogP contribution in [0.5, 0.6) is 0 Å². The van der Waals surface area contributed by atoms with Gasteiger partial charge in [0.25, 0.3) is 0 Å². The van der Waals surface area contributed by atoms with Gasteiger partial charge in [0.15, 0.2) is 0 Å². The summed E-state index contributed by atoms with van der Waals surface area (Å²) in [7, 11) is 1.99. The number of hydrogen-bond acceptors (Lipinski definition) is 3. The third-order valence-electron chi connectivity index (χ3n) is 3.38. The van der Waals surface area contributed by atoms with Gasteiger partial charge in [0.2, 0.25) is 0 Å². The molecule has 0 aliphatic heterocycles. The molecule has 1 aromatic heterocycles. The van der Waals surface area contributed by atoms with Crippen LogP contribution in [0.2, 0.25) is 5.02 Å². The standard InChI is InChI=1S/C15H19ClN2S/c1-9-7-12(5-6-13(9)16)14(17-4)8-15-18-10(2)11(3)19-15/h5-7,14,17H,8H2,1-4H3. The van der Waals surface area contributed by atoms with Crippen molar-refractivity contribution in [3.8, 4) is 0 Å². The Morgan fingerprint density at radius 1 is 1.32 bits per heavy atom. The Morgan fingerprint density at radius 3 is 2.58 bits per heavy atom. The zero-order valence-electron chi connectivity index (χ0n) is 11.7. The van der Waals surface area contributed by atoms with Crippen LogP contribution in [0.15, 0.2) is 18.2 Å². The third kappa shape index (κ3) is 3.35. The second-order valence-electron chi connectivity index (χ2n) is 4.80. The Hall–Kier alpha value is -0.900. The van der Waals surface area contributed by atoms with E-state index in [1.165, 1.54) is 15.4 Å². The summed E-state index contributed by atoms with van der Waals surface area (Å²) in [4.78, 5) is 5.92. The maximum atomic E-state index is 6.08. The molecule has 1 aromatic carbocycles. The largest absolute Gasteiger partial charge is 0.313 e. The summed E-state index contributed by atoms with van der Waals surface area (Å²) < 4.78 is 0. The molecule has 0 radical (unpaired) electrons. The van der Waals surface area contributed by atoms with Gasteiger partial charge in [-0.05, 0) is 45.0 Å². The predicted molar refractivity (Wildman–Crippen MR) is 83.3 cm³/mol. The Labute approximate surface area is 123 Å². The summed E-state index contributed by atoms with van der Waals surface area (Å²) >= 11 is 7.87. The average Bonchev–Trinajstić information content (AvgIpc) is 2.69. The lowest BCUT2D eigenvalue weighted by molar-refractivity contribution is 0.589. The molecule has 0 aliphatic carbocycles. The van der Waals surface area contributed by atoms with Crippen LogP contribution in [-0.2, 0) is 6.42 Å². The summed E-state index contributed by atoms with van der Waals surface area (Å²) in [5.74, 6) is 0. The molecule has 2 aromatic rings. The van der Waals surface area contributed by atoms with Crippen LogP contribution in [0.25, 0.3) is 0 Å². The molecule has 0 amide bonds. The monoisotopic (exact) mass is 294 g/mol. The Morgan fingerprint density at radius 2 is 2.05 bits per heavy atom. The molecule has 102 valence electrons. The number of nitrogens with one attached hydrogen (secondary N) is 1. The molecular formula is C15H19ClN2S. The molecule has 0 spiro atoms. The van der Waals surface area contributed by atoms with Gasteiger partial charge in [-0.15, -0.1) is 11.3 Å². The number of aryl methyl sites for hydroxylation is 3. The van der Waals surface area contributed by atoms with Crippen LogP contribution in [0, 0.1) is 20.8 Å². The van der Waals surface area contributed by atoms with Crippen molar-refractivity contribution in [2.75, 3.05) is 7.05 Å². The Balaban J connectivity index is 2.22. The van der Waals surface area contributed by atoms with Crippen molar-refractivity contribution in [2.45, 2.75) is 33.2 Å². The van der Waals surface area contributed by atoms with Crippen molar-refractivity contribution in [3.05, 3.63) is 49.9 Å². The van der Waals surface area contributed by atoms with E-state index in [2.05, 4.69) is 36.3 Å². The average molecular weight is 295 g/mol. The molecule has 1 heterocycles. The zero-order chi connectivity index (χ0) is 14.0. The van der Waals surface area contributed by atoms with Gasteiger partial charge in [-0.25, -0.2) is 4.98 Å². The van der Waals surface area contributed by atoms with E-state index in [0.29, 0.717) is 0 Å². The molecule has 0 fully saturated rings. The first-order valence-corrected chi connectivity index (χ1v) is 7.57. The van der Waals surface area contributed by atoms with Crippen molar-refractivity contribution in [1.82, 2.24) is 10.3 Å².